The molecule has 0 spiro atoms. The van der Waals surface area contributed by atoms with Gasteiger partial charge in [-0.15, -0.1) is 0 Å². The van der Waals surface area contributed by atoms with E-state index in [1.54, 1.807) is 68.4 Å². The van der Waals surface area contributed by atoms with Crippen LogP contribution in [0.4, 0.5) is 9.18 Å². The molecule has 0 aromatic heterocycles. The van der Waals surface area contributed by atoms with Gasteiger partial charge in [0.15, 0.2) is 4.87 Å². The normalized spacial score (nSPS) is 18.8. The number of carbonyl (C=O) groups excluding carboxylic acids is 1. The molecule has 1 aliphatic rings. The minimum atomic E-state index is -4.03. The van der Waals surface area contributed by atoms with Crippen molar-refractivity contribution in [2.45, 2.75) is 36.6 Å². The number of halogens is 1. The third-order valence-electron chi connectivity index (χ3n) is 5.93. The number of urea groups is 1. The second-order valence-corrected chi connectivity index (χ2v) is 10.4. The molecular formula is C25H25FN2O3S. The standard InChI is InChI=1S/C25H25FN2O3S/c1-17(2)28-24(29)27-16-25(28,32(30,31)22-10-5-4-6-11-22)20-9-7-8-19(14-20)23-15-21(26)13-12-18(23)3/h4-15,17H,16H2,1-3H3,(H,27,29). The van der Waals surface area contributed by atoms with Gasteiger partial charge in [-0.05, 0) is 73.4 Å². The van der Waals surface area contributed by atoms with E-state index in [1.807, 2.05) is 13.0 Å². The average molecular weight is 453 g/mol. The number of nitrogens with one attached hydrogen (secondary N) is 1. The zero-order valence-electron chi connectivity index (χ0n) is 18.2. The lowest BCUT2D eigenvalue weighted by Gasteiger charge is -2.39. The summed E-state index contributed by atoms with van der Waals surface area (Å²) in [5.41, 5.74) is 2.68. The van der Waals surface area contributed by atoms with Crippen molar-refractivity contribution in [3.05, 3.63) is 89.7 Å². The van der Waals surface area contributed by atoms with E-state index in [9.17, 15) is 17.6 Å². The number of benzene rings is 3. The highest BCUT2D eigenvalue weighted by molar-refractivity contribution is 7.92. The Morgan fingerprint density at radius 3 is 2.41 bits per heavy atom. The molecule has 32 heavy (non-hydrogen) atoms. The van der Waals surface area contributed by atoms with E-state index < -0.39 is 20.7 Å². The van der Waals surface area contributed by atoms with E-state index in [4.69, 9.17) is 0 Å². The fourth-order valence-electron chi connectivity index (χ4n) is 4.43. The van der Waals surface area contributed by atoms with Gasteiger partial charge in [0, 0.05) is 6.04 Å². The van der Waals surface area contributed by atoms with Crippen LogP contribution in [0.3, 0.4) is 0 Å². The molecule has 2 amide bonds. The van der Waals surface area contributed by atoms with Crippen LogP contribution in [-0.2, 0) is 14.7 Å². The van der Waals surface area contributed by atoms with Crippen LogP contribution in [0.15, 0.2) is 77.7 Å². The molecule has 3 aromatic rings. The summed E-state index contributed by atoms with van der Waals surface area (Å²) in [5.74, 6) is -0.371. The van der Waals surface area contributed by atoms with E-state index in [0.29, 0.717) is 16.7 Å². The van der Waals surface area contributed by atoms with Crippen molar-refractivity contribution in [2.75, 3.05) is 6.54 Å². The maximum Gasteiger partial charge on any atom is 0.319 e. The van der Waals surface area contributed by atoms with Crippen molar-refractivity contribution < 1.29 is 17.6 Å². The van der Waals surface area contributed by atoms with E-state index in [2.05, 4.69) is 5.32 Å². The topological polar surface area (TPSA) is 66.5 Å². The third kappa shape index (κ3) is 3.37. The summed E-state index contributed by atoms with van der Waals surface area (Å²) in [5, 5.41) is 2.74. The largest absolute Gasteiger partial charge is 0.334 e. The van der Waals surface area contributed by atoms with Gasteiger partial charge in [0.05, 0.1) is 11.4 Å². The number of carbonyl (C=O) groups is 1. The fourth-order valence-corrected chi connectivity index (χ4v) is 6.59. The maximum absolute atomic E-state index is 14.1. The second-order valence-electron chi connectivity index (χ2n) is 8.26. The quantitative estimate of drug-likeness (QED) is 0.601. The summed E-state index contributed by atoms with van der Waals surface area (Å²) < 4.78 is 42.2. The summed E-state index contributed by atoms with van der Waals surface area (Å²) in [4.78, 5) is 12.7. The van der Waals surface area contributed by atoms with E-state index >= 15 is 0 Å². The number of hydrogen-bond donors (Lipinski definition) is 1. The van der Waals surface area contributed by atoms with Gasteiger partial charge in [-0.3, -0.25) is 4.90 Å². The van der Waals surface area contributed by atoms with Crippen molar-refractivity contribution in [3.63, 3.8) is 0 Å². The van der Waals surface area contributed by atoms with Gasteiger partial charge in [-0.1, -0.05) is 42.5 Å². The Bertz CT molecular complexity index is 1280. The first-order valence-corrected chi connectivity index (χ1v) is 11.9. The summed E-state index contributed by atoms with van der Waals surface area (Å²) in [6.45, 7) is 5.37. The lowest BCUT2D eigenvalue weighted by Crippen LogP contribution is -2.53. The van der Waals surface area contributed by atoms with E-state index in [1.165, 1.54) is 17.0 Å². The van der Waals surface area contributed by atoms with Gasteiger partial charge in [0.1, 0.15) is 5.82 Å². The zero-order chi connectivity index (χ0) is 23.1. The molecule has 1 N–H and O–H groups in total. The maximum atomic E-state index is 14.1. The third-order valence-corrected chi connectivity index (χ3v) is 8.28. The highest BCUT2D eigenvalue weighted by atomic mass is 32.2. The first-order valence-electron chi connectivity index (χ1n) is 10.4. The van der Waals surface area contributed by atoms with Crippen molar-refractivity contribution in [1.29, 1.82) is 0 Å². The minimum Gasteiger partial charge on any atom is -0.334 e. The van der Waals surface area contributed by atoms with Crippen LogP contribution >= 0.6 is 0 Å². The Kier molecular flexibility index (Phi) is 5.54. The van der Waals surface area contributed by atoms with Crippen LogP contribution in [0.25, 0.3) is 11.1 Å². The molecule has 0 bridgehead atoms. The Morgan fingerprint density at radius 1 is 1.00 bits per heavy atom. The molecule has 0 saturated carbocycles. The molecule has 3 aromatic carbocycles. The van der Waals surface area contributed by atoms with Gasteiger partial charge in [0.25, 0.3) is 0 Å². The predicted octanol–water partition coefficient (Wildman–Crippen LogP) is 4.86. The van der Waals surface area contributed by atoms with Crippen LogP contribution < -0.4 is 5.32 Å². The number of hydrogen-bond acceptors (Lipinski definition) is 3. The highest BCUT2D eigenvalue weighted by Gasteiger charge is 2.58. The number of aryl methyl sites for hydroxylation is 1. The number of nitrogens with zero attached hydrogens (tertiary/aromatic N) is 1. The molecule has 1 aliphatic heterocycles. The van der Waals surface area contributed by atoms with Crippen LogP contribution in [0.2, 0.25) is 0 Å². The number of rotatable bonds is 5. The lowest BCUT2D eigenvalue weighted by atomic mass is 9.95. The lowest BCUT2D eigenvalue weighted by molar-refractivity contribution is 0.170. The predicted molar refractivity (Wildman–Crippen MR) is 122 cm³/mol. The molecule has 7 heteroatoms. The van der Waals surface area contributed by atoms with Crippen molar-refractivity contribution in [1.82, 2.24) is 10.2 Å². The van der Waals surface area contributed by atoms with Crippen LogP contribution in [0.1, 0.15) is 25.0 Å². The molecule has 1 fully saturated rings. The molecule has 1 heterocycles. The minimum absolute atomic E-state index is 0.0904. The summed E-state index contributed by atoms with van der Waals surface area (Å²) in [6.07, 6.45) is 0. The summed E-state index contributed by atoms with van der Waals surface area (Å²) >= 11 is 0. The fraction of sp³-hybridized carbons (Fsp3) is 0.240. The monoisotopic (exact) mass is 452 g/mol. The number of amides is 2. The molecule has 1 saturated heterocycles. The SMILES string of the molecule is Cc1ccc(F)cc1-c1cccc(C2(S(=O)(=O)c3ccccc3)CNC(=O)N2C(C)C)c1. The molecule has 4 rings (SSSR count). The molecule has 166 valence electrons. The number of sulfone groups is 1. The Hall–Kier alpha value is -3.19. The second kappa shape index (κ2) is 8.06. The van der Waals surface area contributed by atoms with Gasteiger partial charge in [-0.2, -0.15) is 0 Å². The van der Waals surface area contributed by atoms with E-state index in [0.717, 1.165) is 5.56 Å². The molecule has 0 aliphatic carbocycles. The van der Waals surface area contributed by atoms with E-state index in [-0.39, 0.29) is 23.3 Å². The Morgan fingerprint density at radius 2 is 1.72 bits per heavy atom. The van der Waals surface area contributed by atoms with Gasteiger partial charge < -0.3 is 5.32 Å². The average Bonchev–Trinajstić information content (AvgIpc) is 3.15. The molecule has 5 nitrogen and oxygen atoms in total. The molecule has 0 radical (unpaired) electrons. The summed E-state index contributed by atoms with van der Waals surface area (Å²) in [6, 6.07) is 18.9. The van der Waals surface area contributed by atoms with Gasteiger partial charge in [-0.25, -0.2) is 17.6 Å². The first-order chi connectivity index (χ1) is 15.2. The van der Waals surface area contributed by atoms with Gasteiger partial charge in [0.2, 0.25) is 9.84 Å². The van der Waals surface area contributed by atoms with Crippen molar-refractivity contribution >= 4 is 15.9 Å². The Labute approximate surface area is 187 Å². The first kappa shape index (κ1) is 22.0. The summed E-state index contributed by atoms with van der Waals surface area (Å²) in [7, 11) is -4.03. The van der Waals surface area contributed by atoms with Crippen LogP contribution in [-0.4, -0.2) is 31.9 Å². The molecule has 1 unspecified atom stereocenters. The highest BCUT2D eigenvalue weighted by Crippen LogP contribution is 2.43. The van der Waals surface area contributed by atoms with Crippen LogP contribution in [0.5, 0.6) is 0 Å². The van der Waals surface area contributed by atoms with Crippen molar-refractivity contribution in [3.8, 4) is 11.1 Å². The van der Waals surface area contributed by atoms with Gasteiger partial charge >= 0.3 is 6.03 Å². The van der Waals surface area contributed by atoms with Crippen LogP contribution in [0, 0.1) is 12.7 Å². The smallest absolute Gasteiger partial charge is 0.319 e. The molecule has 1 atom stereocenters. The molecular weight excluding hydrogens is 427 g/mol. The Balaban J connectivity index is 1.99. The zero-order valence-corrected chi connectivity index (χ0v) is 19.0. The van der Waals surface area contributed by atoms with Crippen molar-refractivity contribution in [2.24, 2.45) is 0 Å².